The summed E-state index contributed by atoms with van der Waals surface area (Å²) in [6.07, 6.45) is 0. The van der Waals surface area contributed by atoms with Crippen molar-refractivity contribution in [1.82, 2.24) is 0 Å². The molecule has 0 radical (unpaired) electrons. The van der Waals surface area contributed by atoms with Crippen molar-refractivity contribution >= 4 is 5.69 Å². The third-order valence-electron chi connectivity index (χ3n) is 2.70. The van der Waals surface area contributed by atoms with Crippen LogP contribution in [0.1, 0.15) is 6.92 Å². The maximum Gasteiger partial charge on any atom is 0.387 e. The largest absolute Gasteiger partial charge is 0.435 e. The Labute approximate surface area is 98.7 Å². The second kappa shape index (κ2) is 4.87. The Hall–Kier alpha value is -1.36. The molecule has 1 aromatic rings. The van der Waals surface area contributed by atoms with Gasteiger partial charge in [0.15, 0.2) is 0 Å². The number of anilines is 1. The first kappa shape index (κ1) is 12.1. The molecule has 2 rings (SSSR count). The molecule has 5 heteroatoms. The molecule has 1 N–H and O–H groups in total. The standard InChI is InChI=1S/C12H15F2NO2/c1-12(7-16-8-12)6-15-9-2-4-10(5-3-9)17-11(13)14/h2-5,11,15H,6-8H2,1H3. The molecular weight excluding hydrogens is 228 g/mol. The average molecular weight is 243 g/mol. The summed E-state index contributed by atoms with van der Waals surface area (Å²) in [5, 5.41) is 3.24. The van der Waals surface area contributed by atoms with Gasteiger partial charge >= 0.3 is 6.61 Å². The highest BCUT2D eigenvalue weighted by molar-refractivity contribution is 5.46. The topological polar surface area (TPSA) is 30.5 Å². The number of hydrogen-bond acceptors (Lipinski definition) is 3. The molecule has 17 heavy (non-hydrogen) atoms. The van der Waals surface area contributed by atoms with Crippen LogP contribution in [0.2, 0.25) is 0 Å². The number of halogens is 2. The zero-order valence-corrected chi connectivity index (χ0v) is 9.58. The van der Waals surface area contributed by atoms with Gasteiger partial charge in [-0.15, -0.1) is 0 Å². The minimum atomic E-state index is -2.78. The molecule has 0 atom stereocenters. The van der Waals surface area contributed by atoms with Gasteiger partial charge in [0.2, 0.25) is 0 Å². The lowest BCUT2D eigenvalue weighted by Crippen LogP contribution is -2.45. The molecule has 1 heterocycles. The van der Waals surface area contributed by atoms with Gasteiger partial charge in [0.1, 0.15) is 5.75 Å². The molecule has 1 aliphatic rings. The zero-order chi connectivity index (χ0) is 12.3. The van der Waals surface area contributed by atoms with Crippen molar-refractivity contribution in [2.45, 2.75) is 13.5 Å². The number of alkyl halides is 2. The first-order valence-corrected chi connectivity index (χ1v) is 5.44. The lowest BCUT2D eigenvalue weighted by molar-refractivity contribution is -0.0924. The Morgan fingerprint density at radius 2 is 2.00 bits per heavy atom. The maximum absolute atomic E-state index is 11.9. The van der Waals surface area contributed by atoms with E-state index >= 15 is 0 Å². The predicted octanol–water partition coefficient (Wildman–Crippen LogP) is 2.74. The summed E-state index contributed by atoms with van der Waals surface area (Å²) in [4.78, 5) is 0. The summed E-state index contributed by atoms with van der Waals surface area (Å²) in [6, 6.07) is 6.49. The normalized spacial score (nSPS) is 17.6. The van der Waals surface area contributed by atoms with E-state index in [1.807, 2.05) is 0 Å². The number of rotatable bonds is 5. The quantitative estimate of drug-likeness (QED) is 0.862. The highest BCUT2D eigenvalue weighted by Crippen LogP contribution is 2.27. The molecule has 3 nitrogen and oxygen atoms in total. The third kappa shape index (κ3) is 3.30. The Bertz CT molecular complexity index is 363. The summed E-state index contributed by atoms with van der Waals surface area (Å²) >= 11 is 0. The molecule has 0 amide bonds. The average Bonchev–Trinajstić information content (AvgIpc) is 2.25. The molecular formula is C12H15F2NO2. The number of hydrogen-bond donors (Lipinski definition) is 1. The monoisotopic (exact) mass is 243 g/mol. The van der Waals surface area contributed by atoms with Crippen molar-refractivity contribution in [3.8, 4) is 5.75 Å². The van der Waals surface area contributed by atoms with Crippen LogP contribution in [0.4, 0.5) is 14.5 Å². The molecule has 0 spiro atoms. The van der Waals surface area contributed by atoms with Crippen LogP contribution in [0.3, 0.4) is 0 Å². The predicted molar refractivity (Wildman–Crippen MR) is 60.5 cm³/mol. The van der Waals surface area contributed by atoms with Gasteiger partial charge < -0.3 is 14.8 Å². The van der Waals surface area contributed by atoms with Crippen LogP contribution >= 0.6 is 0 Å². The SMILES string of the molecule is CC1(CNc2ccc(OC(F)F)cc2)COC1. The van der Waals surface area contributed by atoms with Crippen LogP contribution in [0.15, 0.2) is 24.3 Å². The highest BCUT2D eigenvalue weighted by atomic mass is 19.3. The van der Waals surface area contributed by atoms with Gasteiger partial charge in [-0.25, -0.2) is 0 Å². The zero-order valence-electron chi connectivity index (χ0n) is 9.58. The fraction of sp³-hybridized carbons (Fsp3) is 0.500. The van der Waals surface area contributed by atoms with E-state index in [0.29, 0.717) is 0 Å². The first-order chi connectivity index (χ1) is 8.07. The van der Waals surface area contributed by atoms with Crippen molar-refractivity contribution in [3.05, 3.63) is 24.3 Å². The second-order valence-corrected chi connectivity index (χ2v) is 4.56. The van der Waals surface area contributed by atoms with Crippen molar-refractivity contribution in [1.29, 1.82) is 0 Å². The smallest absolute Gasteiger partial charge is 0.387 e. The minimum Gasteiger partial charge on any atom is -0.435 e. The van der Waals surface area contributed by atoms with Gasteiger partial charge in [-0.2, -0.15) is 8.78 Å². The summed E-state index contributed by atoms with van der Waals surface area (Å²) in [6.45, 7) is 1.68. The lowest BCUT2D eigenvalue weighted by atomic mass is 9.89. The molecule has 1 fully saturated rings. The number of ether oxygens (including phenoxy) is 2. The van der Waals surface area contributed by atoms with Crippen molar-refractivity contribution in [2.24, 2.45) is 5.41 Å². The maximum atomic E-state index is 11.9. The molecule has 1 aliphatic heterocycles. The Balaban J connectivity index is 1.85. The molecule has 1 saturated heterocycles. The molecule has 0 aromatic heterocycles. The second-order valence-electron chi connectivity index (χ2n) is 4.56. The molecule has 0 bridgehead atoms. The minimum absolute atomic E-state index is 0.170. The van der Waals surface area contributed by atoms with Gasteiger partial charge in [0, 0.05) is 17.6 Å². The lowest BCUT2D eigenvalue weighted by Gasteiger charge is -2.38. The van der Waals surface area contributed by atoms with E-state index < -0.39 is 6.61 Å². The molecule has 0 unspecified atom stereocenters. The Morgan fingerprint density at radius 3 is 2.47 bits per heavy atom. The van der Waals surface area contributed by atoms with Gasteiger partial charge in [-0.05, 0) is 24.3 Å². The van der Waals surface area contributed by atoms with E-state index in [1.165, 1.54) is 12.1 Å². The van der Waals surface area contributed by atoms with Crippen molar-refractivity contribution < 1.29 is 18.3 Å². The van der Waals surface area contributed by atoms with E-state index in [9.17, 15) is 8.78 Å². The van der Waals surface area contributed by atoms with Gasteiger partial charge in [0.05, 0.1) is 13.2 Å². The van der Waals surface area contributed by atoms with Crippen molar-refractivity contribution in [2.75, 3.05) is 25.1 Å². The molecule has 94 valence electrons. The Morgan fingerprint density at radius 1 is 1.35 bits per heavy atom. The highest BCUT2D eigenvalue weighted by Gasteiger charge is 2.32. The summed E-state index contributed by atoms with van der Waals surface area (Å²) < 4.78 is 33.3. The number of nitrogens with one attached hydrogen (secondary N) is 1. The van der Waals surface area contributed by atoms with Crippen LogP contribution < -0.4 is 10.1 Å². The van der Waals surface area contributed by atoms with Crippen LogP contribution in [0, 0.1) is 5.41 Å². The molecule has 1 aromatic carbocycles. The van der Waals surface area contributed by atoms with Crippen molar-refractivity contribution in [3.63, 3.8) is 0 Å². The molecule has 0 saturated carbocycles. The fourth-order valence-electron chi connectivity index (χ4n) is 1.62. The van der Waals surface area contributed by atoms with Crippen LogP contribution in [0.25, 0.3) is 0 Å². The van der Waals surface area contributed by atoms with E-state index in [1.54, 1.807) is 12.1 Å². The van der Waals surface area contributed by atoms with Crippen LogP contribution in [-0.2, 0) is 4.74 Å². The third-order valence-corrected chi connectivity index (χ3v) is 2.70. The van der Waals surface area contributed by atoms with E-state index in [2.05, 4.69) is 17.0 Å². The van der Waals surface area contributed by atoms with E-state index in [-0.39, 0.29) is 11.2 Å². The molecule has 0 aliphatic carbocycles. The van der Waals surface area contributed by atoms with Crippen LogP contribution in [0.5, 0.6) is 5.75 Å². The van der Waals surface area contributed by atoms with Gasteiger partial charge in [0.25, 0.3) is 0 Å². The first-order valence-electron chi connectivity index (χ1n) is 5.44. The summed E-state index contributed by atoms with van der Waals surface area (Å²) in [7, 11) is 0. The van der Waals surface area contributed by atoms with Gasteiger partial charge in [-0.1, -0.05) is 6.92 Å². The number of benzene rings is 1. The van der Waals surface area contributed by atoms with E-state index in [0.717, 1.165) is 25.4 Å². The Kier molecular flexibility index (Phi) is 3.47. The van der Waals surface area contributed by atoms with Crippen LogP contribution in [-0.4, -0.2) is 26.4 Å². The summed E-state index contributed by atoms with van der Waals surface area (Å²) in [5.41, 5.74) is 1.07. The van der Waals surface area contributed by atoms with Gasteiger partial charge in [-0.3, -0.25) is 0 Å². The fourth-order valence-corrected chi connectivity index (χ4v) is 1.62. The van der Waals surface area contributed by atoms with E-state index in [4.69, 9.17) is 4.74 Å². The summed E-state index contributed by atoms with van der Waals surface area (Å²) in [5.74, 6) is 0.170.